The molecule has 5 heteroatoms. The minimum Gasteiger partial charge on any atom is -1.00 e. The molecule has 0 spiro atoms. The minimum atomic E-state index is 0. The van der Waals surface area contributed by atoms with Gasteiger partial charge in [0.15, 0.2) is 5.43 Å². The van der Waals surface area contributed by atoms with Gasteiger partial charge in [0.25, 0.3) is 0 Å². The average molecular weight is 497 g/mol. The molecule has 1 heterocycles. The fourth-order valence-corrected chi connectivity index (χ4v) is 4.43. The lowest BCUT2D eigenvalue weighted by atomic mass is 10.1. The van der Waals surface area contributed by atoms with Crippen LogP contribution in [0, 0.1) is 0 Å². The van der Waals surface area contributed by atoms with E-state index in [0.717, 1.165) is 49.9 Å². The van der Waals surface area contributed by atoms with Crippen molar-refractivity contribution in [2.45, 2.75) is 26.9 Å². The number of nitrogens with zero attached hydrogens (tertiary/aromatic N) is 1. The highest BCUT2D eigenvalue weighted by Gasteiger charge is 2.17. The fraction of sp³-hybridized carbons (Fsp3) is 0.409. The van der Waals surface area contributed by atoms with Crippen LogP contribution in [-0.2, 0) is 11.3 Å². The number of rotatable bonds is 8. The topological polar surface area (TPSA) is 26.3 Å². The van der Waals surface area contributed by atoms with Crippen LogP contribution in [0.5, 0.6) is 0 Å². The first-order valence-corrected chi connectivity index (χ1v) is 10.2. The predicted molar refractivity (Wildman–Crippen MR) is 112 cm³/mol. The molecule has 0 saturated carbocycles. The Kier molecular flexibility index (Phi) is 8.21. The van der Waals surface area contributed by atoms with Crippen LogP contribution in [0.2, 0.25) is 0 Å². The van der Waals surface area contributed by atoms with Crippen molar-refractivity contribution in [1.82, 2.24) is 0 Å². The van der Waals surface area contributed by atoms with E-state index in [-0.39, 0.29) is 29.4 Å². The van der Waals surface area contributed by atoms with E-state index in [1.165, 1.54) is 13.0 Å². The largest absolute Gasteiger partial charge is 1.00 e. The Labute approximate surface area is 182 Å². The van der Waals surface area contributed by atoms with E-state index in [2.05, 4.69) is 33.0 Å². The van der Waals surface area contributed by atoms with Crippen LogP contribution in [0.3, 0.4) is 0 Å². The first-order chi connectivity index (χ1) is 12.6. The second-order valence-corrected chi connectivity index (χ2v) is 8.28. The van der Waals surface area contributed by atoms with Crippen molar-refractivity contribution < 1.29 is 33.2 Å². The zero-order chi connectivity index (χ0) is 18.6. The third-order valence-corrected chi connectivity index (χ3v) is 6.36. The van der Waals surface area contributed by atoms with Crippen molar-refractivity contribution in [3.05, 3.63) is 58.3 Å². The number of halogens is 1. The highest BCUT2D eigenvalue weighted by atomic mass is 127. The molecule has 0 N–H and O–H groups in total. The van der Waals surface area contributed by atoms with Gasteiger partial charge in [-0.05, 0) is 43.2 Å². The Morgan fingerprint density at radius 1 is 1.00 bits per heavy atom. The van der Waals surface area contributed by atoms with Crippen LogP contribution in [0.15, 0.2) is 47.3 Å². The molecule has 0 aliphatic heterocycles. The quantitative estimate of drug-likeness (QED) is 0.206. The molecule has 2 aromatic carbocycles. The molecule has 3 aromatic rings. The Morgan fingerprint density at radius 3 is 2.48 bits per heavy atom. The molecule has 1 unspecified atom stereocenters. The van der Waals surface area contributed by atoms with Gasteiger partial charge < -0.3 is 33.2 Å². The highest BCUT2D eigenvalue weighted by Crippen LogP contribution is 2.25. The molecule has 3 nitrogen and oxygen atoms in total. The molecule has 0 bridgehead atoms. The second kappa shape index (κ2) is 9.96. The zero-order valence-corrected chi connectivity index (χ0v) is 19.3. The van der Waals surface area contributed by atoms with Gasteiger partial charge in [-0.15, -0.1) is 11.3 Å². The van der Waals surface area contributed by atoms with Crippen molar-refractivity contribution in [2.24, 2.45) is 0 Å². The van der Waals surface area contributed by atoms with Gasteiger partial charge in [0.2, 0.25) is 0 Å². The SMILES string of the molecule is CCC[N+](C)(CC)CCOCc1ccc2sc3ccccc3c(=O)c2c1.[I-]. The summed E-state index contributed by atoms with van der Waals surface area (Å²) in [6, 6.07) is 14.0. The van der Waals surface area contributed by atoms with Crippen LogP contribution in [0.1, 0.15) is 25.8 Å². The molecule has 0 fully saturated rings. The Hall–Kier alpha value is -1.02. The first kappa shape index (κ1) is 22.3. The van der Waals surface area contributed by atoms with Gasteiger partial charge in [0, 0.05) is 20.2 Å². The number of benzene rings is 2. The monoisotopic (exact) mass is 497 g/mol. The van der Waals surface area contributed by atoms with Gasteiger partial charge in [-0.2, -0.15) is 0 Å². The molecule has 3 rings (SSSR count). The number of hydrogen-bond acceptors (Lipinski definition) is 3. The predicted octanol–water partition coefficient (Wildman–Crippen LogP) is 1.81. The summed E-state index contributed by atoms with van der Waals surface area (Å²) in [6.45, 7) is 9.10. The lowest BCUT2D eigenvalue weighted by Gasteiger charge is -2.33. The molecule has 0 saturated heterocycles. The molecule has 1 atom stereocenters. The van der Waals surface area contributed by atoms with E-state index in [1.807, 2.05) is 30.3 Å². The molecular formula is C22H28INO2S. The van der Waals surface area contributed by atoms with Gasteiger partial charge in [-0.3, -0.25) is 4.79 Å². The number of likely N-dealkylation sites (N-methyl/N-ethyl adjacent to an activating group) is 1. The van der Waals surface area contributed by atoms with Gasteiger partial charge >= 0.3 is 0 Å². The number of fused-ring (bicyclic) bond motifs is 2. The van der Waals surface area contributed by atoms with E-state index in [4.69, 9.17) is 4.74 Å². The van der Waals surface area contributed by atoms with Crippen LogP contribution in [0.25, 0.3) is 20.2 Å². The smallest absolute Gasteiger partial charge is 0.195 e. The van der Waals surface area contributed by atoms with E-state index in [9.17, 15) is 4.79 Å². The molecule has 27 heavy (non-hydrogen) atoms. The van der Waals surface area contributed by atoms with Crippen LogP contribution >= 0.6 is 11.3 Å². The third kappa shape index (κ3) is 5.28. The van der Waals surface area contributed by atoms with Crippen LogP contribution in [0.4, 0.5) is 0 Å². The van der Waals surface area contributed by atoms with Crippen molar-refractivity contribution in [3.8, 4) is 0 Å². The number of ether oxygens (including phenoxy) is 1. The second-order valence-electron chi connectivity index (χ2n) is 7.19. The first-order valence-electron chi connectivity index (χ1n) is 9.42. The maximum absolute atomic E-state index is 12.8. The Balaban J connectivity index is 0.00000261. The maximum Gasteiger partial charge on any atom is 0.195 e. The van der Waals surface area contributed by atoms with Gasteiger partial charge in [0.1, 0.15) is 6.54 Å². The Morgan fingerprint density at radius 2 is 1.74 bits per heavy atom. The molecule has 0 radical (unpaired) electrons. The van der Waals surface area contributed by atoms with Crippen molar-refractivity contribution in [3.63, 3.8) is 0 Å². The van der Waals surface area contributed by atoms with E-state index in [1.54, 1.807) is 11.3 Å². The summed E-state index contributed by atoms with van der Waals surface area (Å²) >= 11 is 1.67. The van der Waals surface area contributed by atoms with Crippen molar-refractivity contribution >= 4 is 31.5 Å². The zero-order valence-electron chi connectivity index (χ0n) is 16.3. The summed E-state index contributed by atoms with van der Waals surface area (Å²) in [5.41, 5.74) is 1.19. The summed E-state index contributed by atoms with van der Waals surface area (Å²) in [4.78, 5) is 12.8. The van der Waals surface area contributed by atoms with Crippen molar-refractivity contribution in [2.75, 3.05) is 33.3 Å². The fourth-order valence-electron chi connectivity index (χ4n) is 3.38. The molecular weight excluding hydrogens is 469 g/mol. The summed E-state index contributed by atoms with van der Waals surface area (Å²) in [7, 11) is 2.29. The van der Waals surface area contributed by atoms with Crippen molar-refractivity contribution in [1.29, 1.82) is 0 Å². The van der Waals surface area contributed by atoms with Gasteiger partial charge in [-0.1, -0.05) is 25.1 Å². The van der Waals surface area contributed by atoms with E-state index < -0.39 is 0 Å². The normalized spacial score (nSPS) is 13.4. The highest BCUT2D eigenvalue weighted by molar-refractivity contribution is 7.24. The molecule has 0 amide bonds. The summed E-state index contributed by atoms with van der Waals surface area (Å²) in [6.07, 6.45) is 1.19. The van der Waals surface area contributed by atoms with Crippen LogP contribution < -0.4 is 29.4 Å². The van der Waals surface area contributed by atoms with E-state index in [0.29, 0.717) is 6.61 Å². The molecule has 1 aromatic heterocycles. The Bertz CT molecular complexity index is 956. The number of quaternary nitrogens is 1. The van der Waals surface area contributed by atoms with E-state index >= 15 is 0 Å². The third-order valence-electron chi connectivity index (χ3n) is 5.21. The van der Waals surface area contributed by atoms with Gasteiger partial charge in [-0.25, -0.2) is 0 Å². The maximum atomic E-state index is 12.8. The number of hydrogen-bond donors (Lipinski definition) is 0. The summed E-state index contributed by atoms with van der Waals surface area (Å²) < 4.78 is 9.05. The van der Waals surface area contributed by atoms with Crippen LogP contribution in [-0.4, -0.2) is 37.8 Å². The average Bonchev–Trinajstić information content (AvgIpc) is 2.66. The summed E-state index contributed by atoms with van der Waals surface area (Å²) in [5, 5.41) is 1.61. The minimum absolute atomic E-state index is 0. The van der Waals surface area contributed by atoms with Gasteiger partial charge in [0.05, 0.1) is 33.4 Å². The standard InChI is InChI=1S/C22H28NO2S.HI/c1-4-12-23(3,5-2)13-14-25-16-17-10-11-21-19(15-17)22(24)18-8-6-7-9-20(18)26-21;/h6-11,15H,4-5,12-14,16H2,1-3H3;1H/q+1;/p-1. The summed E-state index contributed by atoms with van der Waals surface area (Å²) in [5.74, 6) is 0. The lowest BCUT2D eigenvalue weighted by Crippen LogP contribution is -3.00. The molecule has 0 aliphatic rings. The molecule has 146 valence electrons. The lowest BCUT2D eigenvalue weighted by molar-refractivity contribution is -0.908. The molecule has 0 aliphatic carbocycles.